The van der Waals surface area contributed by atoms with E-state index in [0.29, 0.717) is 6.54 Å². The predicted octanol–water partition coefficient (Wildman–Crippen LogP) is 4.67. The highest BCUT2D eigenvalue weighted by atomic mass is 16.2. The molecule has 2 aromatic rings. The van der Waals surface area contributed by atoms with Gasteiger partial charge in [0.05, 0.1) is 0 Å². The molecule has 0 spiro atoms. The largest absolute Gasteiger partial charge is 0.337 e. The number of hydrogen-bond acceptors (Lipinski definition) is 3. The van der Waals surface area contributed by atoms with Gasteiger partial charge in [0.2, 0.25) is 0 Å². The topological polar surface area (TPSA) is 57.3 Å². The normalized spacial score (nSPS) is 15.1. The Bertz CT molecular complexity index is 785. The van der Waals surface area contributed by atoms with Crippen molar-refractivity contribution in [3.63, 3.8) is 0 Å². The lowest BCUT2D eigenvalue weighted by Crippen LogP contribution is -2.40. The average Bonchev–Trinajstić information content (AvgIpc) is 2.76. The van der Waals surface area contributed by atoms with Gasteiger partial charge < -0.3 is 15.5 Å². The van der Waals surface area contributed by atoms with Crippen molar-refractivity contribution in [2.24, 2.45) is 5.92 Å². The molecule has 1 aromatic carbocycles. The predicted molar refractivity (Wildman–Crippen MR) is 124 cm³/mol. The zero-order valence-corrected chi connectivity index (χ0v) is 18.5. The number of carbonyl (C=O) groups excluding carboxylic acids is 1. The summed E-state index contributed by atoms with van der Waals surface area (Å²) in [5.41, 5.74) is 4.35. The van der Waals surface area contributed by atoms with E-state index >= 15 is 0 Å². The Balaban J connectivity index is 1.36. The minimum Gasteiger partial charge on any atom is -0.337 e. The van der Waals surface area contributed by atoms with Crippen LogP contribution in [0.5, 0.6) is 0 Å². The van der Waals surface area contributed by atoms with Crippen LogP contribution in [0, 0.1) is 5.92 Å². The van der Waals surface area contributed by atoms with Gasteiger partial charge in [-0.3, -0.25) is 4.98 Å². The average molecular weight is 409 g/mol. The van der Waals surface area contributed by atoms with Gasteiger partial charge in [0.1, 0.15) is 0 Å². The Labute approximate surface area is 181 Å². The van der Waals surface area contributed by atoms with Gasteiger partial charge >= 0.3 is 6.03 Å². The van der Waals surface area contributed by atoms with E-state index in [-0.39, 0.29) is 6.03 Å². The summed E-state index contributed by atoms with van der Waals surface area (Å²) in [5, 5.41) is 5.99. The Kier molecular flexibility index (Phi) is 8.69. The van der Waals surface area contributed by atoms with Crippen LogP contribution in [0.1, 0.15) is 50.1 Å². The number of pyridine rings is 1. The molecule has 0 saturated carbocycles. The number of nitrogens with zero attached hydrogens (tertiary/aromatic N) is 2. The zero-order valence-electron chi connectivity index (χ0n) is 18.5. The lowest BCUT2D eigenvalue weighted by molar-refractivity contribution is 0.184. The maximum absolute atomic E-state index is 12.3. The first-order valence-corrected chi connectivity index (χ1v) is 11.5. The Morgan fingerprint density at radius 1 is 1.10 bits per heavy atom. The number of anilines is 1. The third kappa shape index (κ3) is 7.13. The molecule has 1 aliphatic rings. The van der Waals surface area contributed by atoms with E-state index in [1.54, 1.807) is 0 Å². The number of benzene rings is 1. The smallest absolute Gasteiger partial charge is 0.319 e. The molecule has 0 bridgehead atoms. The minimum absolute atomic E-state index is 0.135. The standard InChI is InChI=1S/C25H36N4O/c1-3-8-23-19-24(18-22(4-2)27-23)28-25(30)26-13-16-29-14-11-21(12-15-29)17-20-9-6-5-7-10-20/h5-7,9-10,18-19,21H,3-4,8,11-17H2,1-2H3,(H2,26,27,28,30). The molecular weight excluding hydrogens is 372 g/mol. The van der Waals surface area contributed by atoms with Crippen LogP contribution in [-0.4, -0.2) is 42.1 Å². The lowest BCUT2D eigenvalue weighted by Gasteiger charge is -2.32. The van der Waals surface area contributed by atoms with Gasteiger partial charge in [-0.25, -0.2) is 4.79 Å². The lowest BCUT2D eigenvalue weighted by atomic mass is 9.90. The molecule has 0 atom stereocenters. The van der Waals surface area contributed by atoms with Gasteiger partial charge in [0.15, 0.2) is 0 Å². The van der Waals surface area contributed by atoms with Crippen LogP contribution in [0.25, 0.3) is 0 Å². The number of likely N-dealkylation sites (tertiary alicyclic amines) is 1. The molecule has 2 N–H and O–H groups in total. The summed E-state index contributed by atoms with van der Waals surface area (Å²) >= 11 is 0. The van der Waals surface area contributed by atoms with Gasteiger partial charge in [-0.15, -0.1) is 0 Å². The van der Waals surface area contributed by atoms with E-state index in [4.69, 9.17) is 0 Å². The van der Waals surface area contributed by atoms with E-state index in [0.717, 1.165) is 61.9 Å². The Morgan fingerprint density at radius 3 is 2.53 bits per heavy atom. The van der Waals surface area contributed by atoms with Crippen molar-refractivity contribution in [2.75, 3.05) is 31.5 Å². The van der Waals surface area contributed by atoms with Gasteiger partial charge in [0, 0.05) is 30.2 Å². The number of aromatic nitrogens is 1. The highest BCUT2D eigenvalue weighted by Crippen LogP contribution is 2.21. The number of amides is 2. The first kappa shape index (κ1) is 22.3. The number of carbonyl (C=O) groups is 1. The summed E-state index contributed by atoms with van der Waals surface area (Å²) in [6.07, 6.45) is 6.50. The van der Waals surface area contributed by atoms with Crippen LogP contribution >= 0.6 is 0 Å². The van der Waals surface area contributed by atoms with Crippen LogP contribution in [-0.2, 0) is 19.3 Å². The first-order valence-electron chi connectivity index (χ1n) is 11.5. The number of nitrogens with one attached hydrogen (secondary N) is 2. The fourth-order valence-electron chi connectivity index (χ4n) is 4.15. The molecule has 1 fully saturated rings. The van der Waals surface area contributed by atoms with Gasteiger partial charge in [-0.1, -0.05) is 50.6 Å². The SMILES string of the molecule is CCCc1cc(NC(=O)NCCN2CCC(Cc3ccccc3)CC2)cc(CC)n1. The summed E-state index contributed by atoms with van der Waals surface area (Å²) in [7, 11) is 0. The summed E-state index contributed by atoms with van der Waals surface area (Å²) in [5.74, 6) is 0.775. The molecule has 0 radical (unpaired) electrons. The van der Waals surface area contributed by atoms with Gasteiger partial charge in [-0.05, 0) is 68.8 Å². The molecule has 162 valence electrons. The fraction of sp³-hybridized carbons (Fsp3) is 0.520. The first-order chi connectivity index (χ1) is 14.7. The van der Waals surface area contributed by atoms with E-state index in [1.807, 2.05) is 12.1 Å². The molecule has 1 saturated heterocycles. The van der Waals surface area contributed by atoms with E-state index in [9.17, 15) is 4.79 Å². The number of aryl methyl sites for hydroxylation is 2. The summed E-state index contributed by atoms with van der Waals surface area (Å²) < 4.78 is 0. The fourth-order valence-corrected chi connectivity index (χ4v) is 4.15. The monoisotopic (exact) mass is 408 g/mol. The third-order valence-corrected chi connectivity index (χ3v) is 5.85. The van der Waals surface area contributed by atoms with Crippen molar-refractivity contribution >= 4 is 11.7 Å². The highest BCUT2D eigenvalue weighted by Gasteiger charge is 2.19. The van der Waals surface area contributed by atoms with Crippen LogP contribution in [0.2, 0.25) is 0 Å². The molecule has 1 aromatic heterocycles. The highest BCUT2D eigenvalue weighted by molar-refractivity contribution is 5.89. The van der Waals surface area contributed by atoms with Gasteiger partial charge in [0.25, 0.3) is 0 Å². The summed E-state index contributed by atoms with van der Waals surface area (Å²) in [4.78, 5) is 19.4. The quantitative estimate of drug-likeness (QED) is 0.634. The number of urea groups is 1. The van der Waals surface area contributed by atoms with Crippen molar-refractivity contribution in [3.8, 4) is 0 Å². The summed E-state index contributed by atoms with van der Waals surface area (Å²) in [6.45, 7) is 8.04. The molecule has 0 aliphatic carbocycles. The number of hydrogen-bond donors (Lipinski definition) is 2. The Hall–Kier alpha value is -2.40. The zero-order chi connectivity index (χ0) is 21.2. The molecular formula is C25H36N4O. The van der Waals surface area contributed by atoms with E-state index in [1.165, 1.54) is 24.8 Å². The van der Waals surface area contributed by atoms with Crippen LogP contribution in [0.4, 0.5) is 10.5 Å². The van der Waals surface area contributed by atoms with Crippen LogP contribution < -0.4 is 10.6 Å². The van der Waals surface area contributed by atoms with Gasteiger partial charge in [-0.2, -0.15) is 0 Å². The molecule has 2 heterocycles. The number of rotatable bonds is 9. The molecule has 2 amide bonds. The molecule has 0 unspecified atom stereocenters. The second-order valence-electron chi connectivity index (χ2n) is 8.30. The minimum atomic E-state index is -0.135. The van der Waals surface area contributed by atoms with E-state index in [2.05, 4.69) is 64.7 Å². The van der Waals surface area contributed by atoms with Crippen molar-refractivity contribution in [1.82, 2.24) is 15.2 Å². The Morgan fingerprint density at radius 2 is 1.83 bits per heavy atom. The molecule has 30 heavy (non-hydrogen) atoms. The van der Waals surface area contributed by atoms with Crippen LogP contribution in [0.3, 0.4) is 0 Å². The number of piperidine rings is 1. The maximum atomic E-state index is 12.3. The summed E-state index contributed by atoms with van der Waals surface area (Å²) in [6, 6.07) is 14.6. The molecule has 1 aliphatic heterocycles. The van der Waals surface area contributed by atoms with Crippen molar-refractivity contribution in [2.45, 2.75) is 52.4 Å². The molecule has 5 nitrogen and oxygen atoms in total. The second-order valence-corrected chi connectivity index (χ2v) is 8.30. The second kappa shape index (κ2) is 11.7. The molecule has 5 heteroatoms. The van der Waals surface area contributed by atoms with Crippen molar-refractivity contribution in [1.29, 1.82) is 0 Å². The van der Waals surface area contributed by atoms with Crippen LogP contribution in [0.15, 0.2) is 42.5 Å². The maximum Gasteiger partial charge on any atom is 0.319 e. The third-order valence-electron chi connectivity index (χ3n) is 5.85. The van der Waals surface area contributed by atoms with E-state index < -0.39 is 0 Å². The molecule has 3 rings (SSSR count). The van der Waals surface area contributed by atoms with Crippen molar-refractivity contribution in [3.05, 3.63) is 59.4 Å². The van der Waals surface area contributed by atoms with Crippen molar-refractivity contribution < 1.29 is 4.79 Å².